The molecule has 0 spiro atoms. The van der Waals surface area contributed by atoms with Crippen molar-refractivity contribution in [1.29, 1.82) is 0 Å². The van der Waals surface area contributed by atoms with Gasteiger partial charge in [-0.15, -0.1) is 0 Å². The van der Waals surface area contributed by atoms with Gasteiger partial charge in [0.25, 0.3) is 0 Å². The van der Waals surface area contributed by atoms with Gasteiger partial charge in [-0.3, -0.25) is 0 Å². The van der Waals surface area contributed by atoms with Gasteiger partial charge in [0.05, 0.1) is 0 Å². The summed E-state index contributed by atoms with van der Waals surface area (Å²) >= 11 is 0. The van der Waals surface area contributed by atoms with Gasteiger partial charge in [0.15, 0.2) is 0 Å². The third kappa shape index (κ3) is 6.83. The van der Waals surface area contributed by atoms with Gasteiger partial charge in [0, 0.05) is 11.5 Å². The highest BCUT2D eigenvalue weighted by Gasteiger charge is 2.65. The molecule has 1 fully saturated rings. The van der Waals surface area contributed by atoms with Crippen LogP contribution in [0.1, 0.15) is 70.3 Å². The highest BCUT2D eigenvalue weighted by molar-refractivity contribution is 8.45. The van der Waals surface area contributed by atoms with E-state index in [0.717, 1.165) is 43.7 Å². The average molecular weight is 394 g/mol. The summed E-state index contributed by atoms with van der Waals surface area (Å²) in [5.74, 6) is 6.96. The molecule has 0 heterocycles. The van der Waals surface area contributed by atoms with E-state index in [-0.39, 0.29) is 5.92 Å². The van der Waals surface area contributed by atoms with Crippen molar-refractivity contribution in [1.82, 2.24) is 0 Å². The molecule has 0 aliphatic heterocycles. The molecule has 1 aliphatic carbocycles. The monoisotopic (exact) mass is 394 g/mol. The van der Waals surface area contributed by atoms with E-state index in [0.29, 0.717) is 17.7 Å². The Bertz CT molecular complexity index is 644. The fourth-order valence-electron chi connectivity index (χ4n) is 3.44. The summed E-state index contributed by atoms with van der Waals surface area (Å²) in [5, 5.41) is 0. The van der Waals surface area contributed by atoms with Crippen molar-refractivity contribution >= 4 is 10.2 Å². The van der Waals surface area contributed by atoms with Crippen molar-refractivity contribution in [2.75, 3.05) is 0 Å². The van der Waals surface area contributed by atoms with Gasteiger partial charge < -0.3 is 0 Å². The normalized spacial score (nSPS) is 23.5. The summed E-state index contributed by atoms with van der Waals surface area (Å²) in [6.45, 7) is 2.20. The van der Waals surface area contributed by atoms with Gasteiger partial charge in [-0.2, -0.15) is 0 Å². The van der Waals surface area contributed by atoms with Gasteiger partial charge >= 0.3 is 10.2 Å². The Morgan fingerprint density at radius 1 is 0.885 bits per heavy atom. The minimum absolute atomic E-state index is 0.247. The quantitative estimate of drug-likeness (QED) is 0.258. The summed E-state index contributed by atoms with van der Waals surface area (Å²) in [5.41, 5.74) is 0.345. The molecule has 26 heavy (non-hydrogen) atoms. The molecule has 6 heteroatoms. The van der Waals surface area contributed by atoms with Crippen LogP contribution in [0.15, 0.2) is 29.2 Å². The Morgan fingerprint density at radius 3 is 2.04 bits per heavy atom. The number of hydrogen-bond donors (Lipinski definition) is 0. The van der Waals surface area contributed by atoms with Crippen molar-refractivity contribution < 1.29 is 19.4 Å². The first-order chi connectivity index (χ1) is 12.0. The Hall–Kier alpha value is -1.22. The van der Waals surface area contributed by atoms with Gasteiger partial charge in [-0.25, -0.2) is 0 Å². The molecule has 148 valence electrons. The SMILES string of the molecule is CCCCCCC1CCC(C#Cc2ccc(S(F)(F)(F)(F)F)cc2)CC1. The van der Waals surface area contributed by atoms with Gasteiger partial charge in [-0.05, 0) is 55.9 Å². The van der Waals surface area contributed by atoms with Crippen LogP contribution in [0.2, 0.25) is 0 Å². The minimum Gasteiger partial charge on any atom is -0.0945 e. The zero-order valence-corrected chi connectivity index (χ0v) is 15.9. The van der Waals surface area contributed by atoms with Gasteiger partial charge in [0.2, 0.25) is 0 Å². The van der Waals surface area contributed by atoms with Crippen LogP contribution in [0, 0.1) is 23.7 Å². The average Bonchev–Trinajstić information content (AvgIpc) is 2.56. The van der Waals surface area contributed by atoms with Crippen molar-refractivity contribution in [2.45, 2.75) is 69.6 Å². The topological polar surface area (TPSA) is 0 Å². The summed E-state index contributed by atoms with van der Waals surface area (Å²) < 4.78 is 63.4. The van der Waals surface area contributed by atoms with Crippen LogP contribution >= 0.6 is 10.2 Å². The van der Waals surface area contributed by atoms with Crippen LogP contribution in [0.4, 0.5) is 19.4 Å². The molecule has 1 aromatic rings. The van der Waals surface area contributed by atoms with E-state index in [1.165, 1.54) is 32.1 Å². The van der Waals surface area contributed by atoms with Crippen molar-refractivity contribution in [3.8, 4) is 11.8 Å². The predicted molar refractivity (Wildman–Crippen MR) is 98.9 cm³/mol. The summed E-state index contributed by atoms with van der Waals surface area (Å²) in [6, 6.07) is 2.91. The van der Waals surface area contributed by atoms with Gasteiger partial charge in [0.1, 0.15) is 4.90 Å². The standard InChI is InChI=1S/C20H27F5S/c1-2-3-4-5-6-17-7-9-18(10-8-17)11-12-19-13-15-20(16-14-19)26(21,22,23,24)25/h13-18H,2-10H2,1H3. The second-order valence-corrected chi connectivity index (χ2v) is 9.74. The van der Waals surface area contributed by atoms with E-state index in [1.54, 1.807) is 0 Å². The van der Waals surface area contributed by atoms with Crippen LogP contribution in [0.3, 0.4) is 0 Å². The smallest absolute Gasteiger partial charge is 0.0945 e. The molecule has 0 amide bonds. The third-order valence-electron chi connectivity index (χ3n) is 5.03. The maximum absolute atomic E-state index is 12.7. The zero-order valence-electron chi connectivity index (χ0n) is 15.1. The second kappa shape index (κ2) is 7.42. The van der Waals surface area contributed by atoms with Crippen LogP contribution in [0.5, 0.6) is 0 Å². The Balaban J connectivity index is 1.86. The molecule has 0 bridgehead atoms. The number of halogens is 5. The maximum Gasteiger partial charge on any atom is 0.310 e. The predicted octanol–water partition coefficient (Wildman–Crippen LogP) is 8.47. The molecule has 0 unspecified atom stereocenters. The van der Waals surface area contributed by atoms with Crippen LogP contribution in [-0.4, -0.2) is 0 Å². The lowest BCUT2D eigenvalue weighted by atomic mass is 9.80. The van der Waals surface area contributed by atoms with Crippen molar-refractivity contribution in [3.05, 3.63) is 29.8 Å². The molecule has 0 aromatic heterocycles. The van der Waals surface area contributed by atoms with E-state index in [2.05, 4.69) is 18.8 Å². The second-order valence-electron chi connectivity index (χ2n) is 7.33. The first kappa shape index (κ1) is 21.1. The number of rotatable bonds is 6. The largest absolute Gasteiger partial charge is 0.310 e. The lowest BCUT2D eigenvalue weighted by Crippen LogP contribution is -2.13. The summed E-state index contributed by atoms with van der Waals surface area (Å²) in [7, 11) is -9.59. The summed E-state index contributed by atoms with van der Waals surface area (Å²) in [6.07, 6.45) is 10.7. The molecule has 1 aromatic carbocycles. The highest BCUT2D eigenvalue weighted by atomic mass is 32.5. The molecule has 2 rings (SSSR count). The molecule has 0 N–H and O–H groups in total. The van der Waals surface area contributed by atoms with Crippen molar-refractivity contribution in [2.24, 2.45) is 11.8 Å². The number of benzene rings is 1. The number of unbranched alkanes of at least 4 members (excludes halogenated alkanes) is 3. The molecular weight excluding hydrogens is 367 g/mol. The molecule has 1 saturated carbocycles. The first-order valence-corrected chi connectivity index (χ1v) is 11.3. The van der Waals surface area contributed by atoms with Crippen molar-refractivity contribution in [3.63, 3.8) is 0 Å². The Kier molecular flexibility index (Phi) is 6.02. The number of hydrogen-bond acceptors (Lipinski definition) is 0. The molecule has 1 aliphatic rings. The summed E-state index contributed by atoms with van der Waals surface area (Å²) in [4.78, 5) is -1.86. The van der Waals surface area contributed by atoms with E-state index in [1.807, 2.05) is 0 Å². The van der Waals surface area contributed by atoms with Crippen LogP contribution < -0.4 is 0 Å². The lowest BCUT2D eigenvalue weighted by molar-refractivity contribution is 0.294. The lowest BCUT2D eigenvalue weighted by Gasteiger charge is -2.40. The van der Waals surface area contributed by atoms with E-state index in [4.69, 9.17) is 0 Å². The molecule has 0 saturated heterocycles. The Morgan fingerprint density at radius 2 is 1.50 bits per heavy atom. The first-order valence-electron chi connectivity index (χ1n) is 9.33. The fourth-order valence-corrected chi connectivity index (χ4v) is 4.09. The van der Waals surface area contributed by atoms with Gasteiger partial charge in [-0.1, -0.05) is 70.3 Å². The fraction of sp³-hybridized carbons (Fsp3) is 0.600. The molecule has 0 nitrogen and oxygen atoms in total. The minimum atomic E-state index is -9.59. The molecular formula is C20H27F5S. The Labute approximate surface area is 153 Å². The highest BCUT2D eigenvalue weighted by Crippen LogP contribution is 3.02. The van der Waals surface area contributed by atoms with E-state index >= 15 is 0 Å². The zero-order chi connectivity index (χ0) is 19.3. The van der Waals surface area contributed by atoms with E-state index < -0.39 is 15.1 Å². The molecule has 0 radical (unpaired) electrons. The third-order valence-corrected chi connectivity index (χ3v) is 6.20. The van der Waals surface area contributed by atoms with E-state index in [9.17, 15) is 19.4 Å². The maximum atomic E-state index is 12.7. The van der Waals surface area contributed by atoms with Crippen LogP contribution in [-0.2, 0) is 0 Å². The van der Waals surface area contributed by atoms with Crippen LogP contribution in [0.25, 0.3) is 0 Å². The molecule has 0 atom stereocenters.